The van der Waals surface area contributed by atoms with Crippen molar-refractivity contribution in [2.45, 2.75) is 0 Å². The van der Waals surface area contributed by atoms with Crippen molar-refractivity contribution in [2.75, 3.05) is 37.5 Å². The normalized spacial score (nSPS) is 9.48. The highest BCUT2D eigenvalue weighted by molar-refractivity contribution is 9.09. The van der Waals surface area contributed by atoms with E-state index < -0.39 is 25.0 Å². The van der Waals surface area contributed by atoms with E-state index in [1.807, 2.05) is 5.32 Å². The Bertz CT molecular complexity index is 351. The zero-order valence-corrected chi connectivity index (χ0v) is 13.1. The molecule has 0 unspecified atom stereocenters. The molecular formula is C9H14BrClFN3O6. The first-order valence-electron chi connectivity index (χ1n) is 5.62. The van der Waals surface area contributed by atoms with Crippen molar-refractivity contribution in [1.29, 1.82) is 0 Å². The van der Waals surface area contributed by atoms with E-state index in [0.29, 0.717) is 5.06 Å². The molecule has 12 heteroatoms. The SMILES string of the molecule is O=C(NCCCl)OOC(=O)N(CCBr)OC(=O)NCCF. The Morgan fingerprint density at radius 2 is 1.81 bits per heavy atom. The zero-order valence-electron chi connectivity index (χ0n) is 10.8. The molecule has 0 bridgehead atoms. The first-order valence-corrected chi connectivity index (χ1v) is 7.28. The molecule has 0 atom stereocenters. The fraction of sp³-hybridized carbons (Fsp3) is 0.667. The van der Waals surface area contributed by atoms with Gasteiger partial charge in [0.25, 0.3) is 0 Å². The van der Waals surface area contributed by atoms with Crippen molar-refractivity contribution in [3.8, 4) is 0 Å². The quantitative estimate of drug-likeness (QED) is 0.400. The van der Waals surface area contributed by atoms with E-state index >= 15 is 0 Å². The van der Waals surface area contributed by atoms with Gasteiger partial charge in [0.1, 0.15) is 6.67 Å². The van der Waals surface area contributed by atoms with E-state index in [9.17, 15) is 18.8 Å². The Balaban J connectivity index is 4.22. The highest BCUT2D eigenvalue weighted by atomic mass is 79.9. The van der Waals surface area contributed by atoms with Gasteiger partial charge in [-0.1, -0.05) is 15.9 Å². The van der Waals surface area contributed by atoms with E-state index in [4.69, 9.17) is 11.6 Å². The Labute approximate surface area is 133 Å². The fourth-order valence-corrected chi connectivity index (χ4v) is 1.24. The van der Waals surface area contributed by atoms with Gasteiger partial charge in [0.2, 0.25) is 0 Å². The molecule has 0 aromatic heterocycles. The molecule has 0 aliphatic heterocycles. The smallest absolute Gasteiger partial charge is 0.317 e. The van der Waals surface area contributed by atoms with Gasteiger partial charge in [0.05, 0.1) is 6.54 Å². The minimum absolute atomic E-state index is 0.0888. The summed E-state index contributed by atoms with van der Waals surface area (Å²) < 4.78 is 11.9. The zero-order chi connectivity index (χ0) is 16.1. The van der Waals surface area contributed by atoms with Crippen LogP contribution in [-0.2, 0) is 14.6 Å². The fourth-order valence-electron chi connectivity index (χ4n) is 0.826. The third-order valence-electron chi connectivity index (χ3n) is 1.60. The van der Waals surface area contributed by atoms with Gasteiger partial charge in [-0.05, 0) is 0 Å². The van der Waals surface area contributed by atoms with E-state index in [2.05, 4.69) is 35.9 Å². The van der Waals surface area contributed by atoms with Crippen LogP contribution in [0.1, 0.15) is 0 Å². The lowest BCUT2D eigenvalue weighted by molar-refractivity contribution is -0.212. The average Bonchev–Trinajstić information content (AvgIpc) is 2.47. The summed E-state index contributed by atoms with van der Waals surface area (Å²) in [6.07, 6.45) is -3.34. The van der Waals surface area contributed by atoms with Crippen molar-refractivity contribution in [3.63, 3.8) is 0 Å². The van der Waals surface area contributed by atoms with Crippen LogP contribution in [0.4, 0.5) is 18.8 Å². The summed E-state index contributed by atoms with van der Waals surface area (Å²) in [6.45, 7) is -1.03. The van der Waals surface area contributed by atoms with Crippen molar-refractivity contribution >= 4 is 45.8 Å². The molecule has 122 valence electrons. The topological polar surface area (TPSA) is 106 Å². The maximum absolute atomic E-state index is 11.9. The molecule has 21 heavy (non-hydrogen) atoms. The molecule has 0 spiro atoms. The molecule has 0 rings (SSSR count). The van der Waals surface area contributed by atoms with Gasteiger partial charge in [0, 0.05) is 24.3 Å². The predicted octanol–water partition coefficient (Wildman–Crippen LogP) is 1.31. The molecule has 9 nitrogen and oxygen atoms in total. The highest BCUT2D eigenvalue weighted by Gasteiger charge is 2.22. The van der Waals surface area contributed by atoms with Crippen LogP contribution in [-0.4, -0.2) is 60.9 Å². The highest BCUT2D eigenvalue weighted by Crippen LogP contribution is 1.99. The second-order valence-corrected chi connectivity index (χ2v) is 4.29. The second kappa shape index (κ2) is 12.3. The van der Waals surface area contributed by atoms with E-state index in [1.54, 1.807) is 0 Å². The third-order valence-corrected chi connectivity index (χ3v) is 2.14. The van der Waals surface area contributed by atoms with Crippen LogP contribution in [0.2, 0.25) is 0 Å². The number of amides is 3. The molecule has 0 aliphatic carbocycles. The van der Waals surface area contributed by atoms with E-state index in [1.165, 1.54) is 0 Å². The van der Waals surface area contributed by atoms with Gasteiger partial charge in [0.15, 0.2) is 0 Å². The summed E-state index contributed by atoms with van der Waals surface area (Å²) in [5.74, 6) is 0.149. The second-order valence-electron chi connectivity index (χ2n) is 3.12. The number of carbonyl (C=O) groups excluding carboxylic acids is 3. The maximum Gasteiger partial charge on any atom is 0.485 e. The summed E-state index contributed by atoms with van der Waals surface area (Å²) in [6, 6.07) is 0. The Kier molecular flexibility index (Phi) is 11.4. The lowest BCUT2D eigenvalue weighted by Crippen LogP contribution is -2.40. The molecule has 0 radical (unpaired) electrons. The van der Waals surface area contributed by atoms with Gasteiger partial charge < -0.3 is 15.5 Å². The Morgan fingerprint density at radius 1 is 1.14 bits per heavy atom. The first kappa shape index (κ1) is 19.5. The number of alkyl halides is 3. The number of hydroxylamine groups is 2. The molecule has 0 fully saturated rings. The van der Waals surface area contributed by atoms with Crippen molar-refractivity contribution < 1.29 is 33.4 Å². The number of hydrogen-bond acceptors (Lipinski definition) is 6. The molecule has 0 saturated heterocycles. The van der Waals surface area contributed by atoms with Crippen LogP contribution in [0.3, 0.4) is 0 Å². The van der Waals surface area contributed by atoms with Crippen LogP contribution < -0.4 is 10.6 Å². The van der Waals surface area contributed by atoms with Crippen LogP contribution in [0.15, 0.2) is 0 Å². The maximum atomic E-state index is 11.9. The minimum Gasteiger partial charge on any atom is -0.317 e. The Morgan fingerprint density at radius 3 is 2.38 bits per heavy atom. The number of nitrogens with zero attached hydrogens (tertiary/aromatic N) is 1. The molecule has 0 saturated carbocycles. The van der Waals surface area contributed by atoms with E-state index in [-0.39, 0.29) is 30.8 Å². The number of hydrogen-bond donors (Lipinski definition) is 2. The van der Waals surface area contributed by atoms with Crippen molar-refractivity contribution in [1.82, 2.24) is 15.7 Å². The summed E-state index contributed by atoms with van der Waals surface area (Å²) in [7, 11) is 0. The summed E-state index contributed by atoms with van der Waals surface area (Å²) in [5.41, 5.74) is 0. The molecule has 2 N–H and O–H groups in total. The van der Waals surface area contributed by atoms with Crippen LogP contribution in [0.5, 0.6) is 0 Å². The first-order chi connectivity index (χ1) is 10.0. The number of rotatable bonds is 6. The molecule has 3 amide bonds. The molecule has 0 heterocycles. The Hall–Kier alpha value is -1.49. The lowest BCUT2D eigenvalue weighted by Gasteiger charge is -2.18. The van der Waals surface area contributed by atoms with Gasteiger partial charge >= 0.3 is 18.3 Å². The monoisotopic (exact) mass is 393 g/mol. The van der Waals surface area contributed by atoms with Crippen LogP contribution in [0.25, 0.3) is 0 Å². The summed E-state index contributed by atoms with van der Waals surface area (Å²) in [5, 5.41) is 4.93. The molecule has 0 aromatic rings. The summed E-state index contributed by atoms with van der Waals surface area (Å²) >= 11 is 8.34. The van der Waals surface area contributed by atoms with Crippen LogP contribution in [0, 0.1) is 0 Å². The summed E-state index contributed by atoms with van der Waals surface area (Å²) in [4.78, 5) is 46.5. The molecule has 0 aliphatic rings. The standard InChI is InChI=1S/C9H14BrClFN3O6/c10-1-6-15(19-7(16)14-5-3-12)9(18)21-20-8(17)13-4-2-11/h1-6H2,(H,13,17)(H,14,16). The van der Waals surface area contributed by atoms with E-state index in [0.717, 1.165) is 0 Å². The van der Waals surface area contributed by atoms with Gasteiger partial charge in [-0.2, -0.15) is 0 Å². The van der Waals surface area contributed by atoms with Gasteiger partial charge in [-0.25, -0.2) is 28.5 Å². The number of halogens is 3. The van der Waals surface area contributed by atoms with Crippen LogP contribution >= 0.6 is 27.5 Å². The lowest BCUT2D eigenvalue weighted by atomic mass is 10.7. The van der Waals surface area contributed by atoms with Crippen molar-refractivity contribution in [2.24, 2.45) is 0 Å². The molecule has 0 aromatic carbocycles. The third kappa shape index (κ3) is 9.96. The average molecular weight is 395 g/mol. The molecular weight excluding hydrogens is 380 g/mol. The largest absolute Gasteiger partial charge is 0.485 e. The number of nitrogens with one attached hydrogen (secondary N) is 2. The number of carbonyl (C=O) groups is 3. The van der Waals surface area contributed by atoms with Crippen molar-refractivity contribution in [3.05, 3.63) is 0 Å². The minimum atomic E-state index is -1.24. The van der Waals surface area contributed by atoms with Gasteiger partial charge in [-0.3, -0.25) is 0 Å². The van der Waals surface area contributed by atoms with Gasteiger partial charge in [-0.15, -0.1) is 16.7 Å². The predicted molar refractivity (Wildman–Crippen MR) is 72.6 cm³/mol.